The first-order valence-corrected chi connectivity index (χ1v) is 9.38. The minimum atomic E-state index is 1.000. The molecule has 0 saturated heterocycles. The monoisotopic (exact) mass is 309 g/mol. The Morgan fingerprint density at radius 1 is 1.15 bits per heavy atom. The molecule has 2 rings (SSSR count). The summed E-state index contributed by atoms with van der Waals surface area (Å²) < 4.78 is 0. The average molecular weight is 310 g/mol. The number of hydrogen-bond donors (Lipinski definition) is 1. The first-order valence-electron chi connectivity index (χ1n) is 7.17. The number of rotatable bonds is 8. The Balaban J connectivity index is 1.87. The molecule has 0 fully saturated rings. The molecule has 0 aliphatic rings. The van der Waals surface area contributed by atoms with E-state index in [2.05, 4.69) is 35.4 Å². The first kappa shape index (κ1) is 15.6. The van der Waals surface area contributed by atoms with E-state index in [0.29, 0.717) is 0 Å². The van der Waals surface area contributed by atoms with E-state index < -0.39 is 0 Å². The van der Waals surface area contributed by atoms with E-state index in [4.69, 9.17) is 0 Å². The number of aromatic nitrogens is 2. The second-order valence-corrected chi connectivity index (χ2v) is 7.21. The van der Waals surface area contributed by atoms with Crippen LogP contribution in [0.5, 0.6) is 0 Å². The van der Waals surface area contributed by atoms with Crippen LogP contribution in [0, 0.1) is 13.8 Å². The number of nitrogens with one attached hydrogen (secondary N) is 1. The van der Waals surface area contributed by atoms with Gasteiger partial charge in [-0.25, -0.2) is 9.97 Å². The molecule has 0 spiro atoms. The molecule has 2 aromatic rings. The third kappa shape index (κ3) is 3.85. The van der Waals surface area contributed by atoms with E-state index in [1.54, 1.807) is 17.7 Å². The van der Waals surface area contributed by atoms with Gasteiger partial charge in [-0.15, -0.1) is 11.3 Å². The lowest BCUT2D eigenvalue weighted by atomic mass is 10.2. The number of hydrogen-bond acceptors (Lipinski definition) is 5. The highest BCUT2D eigenvalue weighted by molar-refractivity contribution is 7.98. The topological polar surface area (TPSA) is 37.8 Å². The van der Waals surface area contributed by atoms with Crippen LogP contribution in [-0.4, -0.2) is 28.5 Å². The molecule has 0 bridgehead atoms. The molecule has 0 saturated carbocycles. The van der Waals surface area contributed by atoms with Gasteiger partial charge in [0.1, 0.15) is 17.0 Å². The maximum absolute atomic E-state index is 4.41. The van der Waals surface area contributed by atoms with E-state index in [0.717, 1.165) is 17.2 Å². The molecular formula is C15H23N3S2. The Kier molecular flexibility index (Phi) is 6.10. The zero-order valence-corrected chi connectivity index (χ0v) is 14.2. The lowest BCUT2D eigenvalue weighted by Gasteiger charge is -2.07. The molecule has 0 amide bonds. The fourth-order valence-corrected chi connectivity index (χ4v) is 3.74. The number of nitrogens with zero attached hydrogens (tertiary/aromatic N) is 2. The molecular weight excluding hydrogens is 286 g/mol. The second kappa shape index (κ2) is 7.84. The van der Waals surface area contributed by atoms with E-state index in [-0.39, 0.29) is 0 Å². The minimum absolute atomic E-state index is 1.000. The van der Waals surface area contributed by atoms with Crippen LogP contribution < -0.4 is 5.32 Å². The maximum atomic E-state index is 4.41. The van der Waals surface area contributed by atoms with Gasteiger partial charge in [-0.3, -0.25) is 0 Å². The summed E-state index contributed by atoms with van der Waals surface area (Å²) in [5.74, 6) is 2.29. The third-order valence-electron chi connectivity index (χ3n) is 3.53. The van der Waals surface area contributed by atoms with Gasteiger partial charge in [0, 0.05) is 11.4 Å². The molecule has 5 heteroatoms. The summed E-state index contributed by atoms with van der Waals surface area (Å²) >= 11 is 3.69. The van der Waals surface area contributed by atoms with Gasteiger partial charge in [-0.2, -0.15) is 11.8 Å². The van der Waals surface area contributed by atoms with Crippen molar-refractivity contribution in [2.45, 2.75) is 39.5 Å². The molecule has 0 aliphatic heterocycles. The van der Waals surface area contributed by atoms with Crippen molar-refractivity contribution < 1.29 is 0 Å². The summed E-state index contributed by atoms with van der Waals surface area (Å²) in [4.78, 5) is 11.2. The summed E-state index contributed by atoms with van der Waals surface area (Å²) in [6.45, 7) is 5.31. The van der Waals surface area contributed by atoms with Crippen LogP contribution in [0.4, 0.5) is 5.82 Å². The van der Waals surface area contributed by atoms with Crippen LogP contribution in [0.1, 0.15) is 36.1 Å². The van der Waals surface area contributed by atoms with Crippen molar-refractivity contribution >= 4 is 39.1 Å². The molecule has 0 unspecified atom stereocenters. The standard InChI is InChI=1S/C15H23N3S2/c1-11-12(2)20-15-13(11)14(17-10-18-15)16-8-6-4-5-7-9-19-3/h10H,4-9H2,1-3H3,(H,16,17,18). The predicted octanol–water partition coefficient (Wildman–Crippen LogP) is 4.64. The van der Waals surface area contributed by atoms with Crippen molar-refractivity contribution in [2.75, 3.05) is 23.9 Å². The van der Waals surface area contributed by atoms with E-state index in [9.17, 15) is 0 Å². The van der Waals surface area contributed by atoms with Crippen molar-refractivity contribution in [3.05, 3.63) is 16.8 Å². The molecule has 2 aromatic heterocycles. The molecule has 3 nitrogen and oxygen atoms in total. The number of thiophene rings is 1. The summed E-state index contributed by atoms with van der Waals surface area (Å²) in [5, 5.41) is 4.69. The van der Waals surface area contributed by atoms with Crippen LogP contribution in [0.15, 0.2) is 6.33 Å². The quantitative estimate of drug-likeness (QED) is 0.721. The zero-order chi connectivity index (χ0) is 14.4. The molecule has 0 aliphatic carbocycles. The molecule has 20 heavy (non-hydrogen) atoms. The first-order chi connectivity index (χ1) is 9.74. The van der Waals surface area contributed by atoms with Crippen LogP contribution in [0.3, 0.4) is 0 Å². The Morgan fingerprint density at radius 3 is 2.75 bits per heavy atom. The molecule has 0 radical (unpaired) electrons. The van der Waals surface area contributed by atoms with Crippen LogP contribution >= 0.6 is 23.1 Å². The van der Waals surface area contributed by atoms with Gasteiger partial charge in [-0.1, -0.05) is 12.8 Å². The highest BCUT2D eigenvalue weighted by Crippen LogP contribution is 2.32. The smallest absolute Gasteiger partial charge is 0.138 e. The van der Waals surface area contributed by atoms with Crippen molar-refractivity contribution in [3.8, 4) is 0 Å². The van der Waals surface area contributed by atoms with Gasteiger partial charge in [0.2, 0.25) is 0 Å². The van der Waals surface area contributed by atoms with Crippen molar-refractivity contribution in [1.82, 2.24) is 9.97 Å². The van der Waals surface area contributed by atoms with Gasteiger partial charge in [-0.05, 0) is 44.3 Å². The summed E-state index contributed by atoms with van der Waals surface area (Å²) in [5.41, 5.74) is 1.31. The molecule has 2 heterocycles. The molecule has 110 valence electrons. The van der Waals surface area contributed by atoms with Crippen LogP contribution in [0.2, 0.25) is 0 Å². The second-order valence-electron chi connectivity index (χ2n) is 5.02. The van der Waals surface area contributed by atoms with Crippen molar-refractivity contribution in [1.29, 1.82) is 0 Å². The maximum Gasteiger partial charge on any atom is 0.138 e. The fourth-order valence-electron chi connectivity index (χ4n) is 2.25. The van der Waals surface area contributed by atoms with E-state index in [1.165, 1.54) is 47.3 Å². The summed E-state index contributed by atoms with van der Waals surface area (Å²) in [6, 6.07) is 0. The number of fused-ring (bicyclic) bond motifs is 1. The minimum Gasteiger partial charge on any atom is -0.369 e. The van der Waals surface area contributed by atoms with E-state index >= 15 is 0 Å². The van der Waals surface area contributed by atoms with Gasteiger partial charge in [0.15, 0.2) is 0 Å². The SMILES string of the molecule is CSCCCCCCNc1ncnc2sc(C)c(C)c12. The molecule has 0 atom stereocenters. The molecule has 0 aromatic carbocycles. The van der Waals surface area contributed by atoms with Gasteiger partial charge in [0.05, 0.1) is 5.39 Å². The van der Waals surface area contributed by atoms with Gasteiger partial charge in [0.25, 0.3) is 0 Å². The van der Waals surface area contributed by atoms with E-state index in [1.807, 2.05) is 11.8 Å². The van der Waals surface area contributed by atoms with Crippen molar-refractivity contribution in [2.24, 2.45) is 0 Å². The van der Waals surface area contributed by atoms with Crippen LogP contribution in [0.25, 0.3) is 10.2 Å². The summed E-state index contributed by atoms with van der Waals surface area (Å²) in [7, 11) is 0. The Morgan fingerprint density at radius 2 is 1.95 bits per heavy atom. The third-order valence-corrected chi connectivity index (χ3v) is 5.35. The average Bonchev–Trinajstić information content (AvgIpc) is 2.74. The lowest BCUT2D eigenvalue weighted by molar-refractivity contribution is 0.688. The lowest BCUT2D eigenvalue weighted by Crippen LogP contribution is -2.04. The summed E-state index contributed by atoms with van der Waals surface area (Å²) in [6.07, 6.45) is 9.01. The fraction of sp³-hybridized carbons (Fsp3) is 0.600. The highest BCUT2D eigenvalue weighted by Gasteiger charge is 2.11. The van der Waals surface area contributed by atoms with Crippen molar-refractivity contribution in [3.63, 3.8) is 0 Å². The Hall–Kier alpha value is -0.810. The van der Waals surface area contributed by atoms with Gasteiger partial charge < -0.3 is 5.32 Å². The number of anilines is 1. The zero-order valence-electron chi connectivity index (χ0n) is 12.5. The highest BCUT2D eigenvalue weighted by atomic mass is 32.2. The number of aryl methyl sites for hydroxylation is 2. The van der Waals surface area contributed by atoms with Crippen LogP contribution in [-0.2, 0) is 0 Å². The largest absolute Gasteiger partial charge is 0.369 e. The van der Waals surface area contributed by atoms with Gasteiger partial charge >= 0.3 is 0 Å². The molecule has 1 N–H and O–H groups in total. The Labute approximate surface area is 129 Å². The normalized spacial score (nSPS) is 11.2. The number of thioether (sulfide) groups is 1. The number of unbranched alkanes of at least 4 members (excludes halogenated alkanes) is 3. The predicted molar refractivity (Wildman–Crippen MR) is 92.2 cm³/mol. The Bertz CT molecular complexity index is 551.